The summed E-state index contributed by atoms with van der Waals surface area (Å²) in [6.45, 7) is 3.75. The lowest BCUT2D eigenvalue weighted by Crippen LogP contribution is -2.24. The van der Waals surface area contributed by atoms with Crippen molar-refractivity contribution in [2.24, 2.45) is 5.73 Å². The molecule has 11 aromatic carbocycles. The summed E-state index contributed by atoms with van der Waals surface area (Å²) in [5, 5.41) is 25.5. The van der Waals surface area contributed by atoms with Crippen LogP contribution in [0, 0.1) is 24.7 Å². The molecule has 0 aliphatic rings. The molecule has 0 aliphatic heterocycles. The molecule has 118 heavy (non-hydrogen) atoms. The Kier molecular flexibility index (Phi) is 42.3. The number of amides is 3. The number of alkyl halides is 1. The second-order valence-corrected chi connectivity index (χ2v) is 25.9. The summed E-state index contributed by atoms with van der Waals surface area (Å²) in [5.41, 5.74) is 20.8. The number of aromatic hydroxyl groups is 2. The quantitative estimate of drug-likeness (QED) is 0.00478. The van der Waals surface area contributed by atoms with Gasteiger partial charge in [0.15, 0.2) is 23.1 Å². The zero-order valence-electron chi connectivity index (χ0n) is 64.7. The molecule has 0 aromatic heterocycles. The van der Waals surface area contributed by atoms with E-state index in [1.54, 1.807) is 225 Å². The Morgan fingerprint density at radius 1 is 0.407 bits per heavy atom. The van der Waals surface area contributed by atoms with Gasteiger partial charge in [-0.3, -0.25) is 52.7 Å². The molecule has 0 spiro atoms. The van der Waals surface area contributed by atoms with Crippen molar-refractivity contribution >= 4 is 120 Å². The van der Waals surface area contributed by atoms with E-state index in [0.717, 1.165) is 24.5 Å². The molecule has 0 saturated carbocycles. The minimum absolute atomic E-state index is 0.0237. The van der Waals surface area contributed by atoms with Crippen molar-refractivity contribution in [2.75, 3.05) is 46.8 Å². The Balaban J connectivity index is 0.000000265. The number of nitrogens with one attached hydrogen (secondary N) is 3. The van der Waals surface area contributed by atoms with Crippen molar-refractivity contribution in [2.45, 2.75) is 58.8 Å². The molecular formula is C95H87BrClN5O16. The lowest BCUT2D eigenvalue weighted by Gasteiger charge is -2.07. The number of rotatable bonds is 27. The number of esters is 1. The molecule has 0 radical (unpaired) electrons. The maximum Gasteiger partial charge on any atom is 0.397 e. The Bertz CT molecular complexity index is 5150. The largest absolute Gasteiger partial charge is 0.508 e. The first-order valence-corrected chi connectivity index (χ1v) is 38.2. The van der Waals surface area contributed by atoms with Crippen LogP contribution in [0.2, 0.25) is 0 Å². The van der Waals surface area contributed by atoms with Gasteiger partial charge < -0.3 is 47.1 Å². The number of hydrogen-bond donors (Lipinski definition) is 7. The van der Waals surface area contributed by atoms with Gasteiger partial charge in [-0.2, -0.15) is 0 Å². The number of benzene rings is 11. The first-order chi connectivity index (χ1) is 56.9. The summed E-state index contributed by atoms with van der Waals surface area (Å²) < 4.78 is 9.91. The van der Waals surface area contributed by atoms with Crippen LogP contribution < -0.4 is 32.2 Å². The number of carbonyl (C=O) groups excluding carboxylic acids is 12. The molecule has 21 nitrogen and oxygen atoms in total. The summed E-state index contributed by atoms with van der Waals surface area (Å²) in [5.74, 6) is 0.959. The fourth-order valence-corrected chi connectivity index (χ4v) is 10.1. The second kappa shape index (κ2) is 52.9. The topological polar surface area (TPSA) is 352 Å². The number of ether oxygens (including phenoxy) is 2. The number of hydrogen-bond acceptors (Lipinski definition) is 18. The van der Waals surface area contributed by atoms with Gasteiger partial charge in [-0.15, -0.1) is 12.8 Å². The highest BCUT2D eigenvalue weighted by Gasteiger charge is 2.19. The standard InChI is InChI=1S/C27H23NO4.C24H21NO4.C17H15NO4.C13H11NO.C8H11NO.C3H3Br.C3H3ClO2/c1-2-19-32-24-17-11-20(12-18-24)7-6-10-25(29)27(31)28-23-15-13-22(14-16-23)26(30)21-8-4-3-5-9-21;26-21-15-9-17(10-16-21)5-4-8-22(27)24(29)25-20-13-11-19(12-14-20)23(28)18-6-2-1-3-7-18;1-2-22-17(21)16(20)18-14-10-8-13(9-11-14)15(19)12-6-4-3-5-7-12;14-12-8-6-11(7-9-12)13(15)10-4-2-1-3-5-10;9-6-5-7-1-3-8(10)4-2-7;1-2-3-4;1-2(5)3(4)6/h1,3-5,8-9,11-18H,6-7,10,19H2,(H,28,31);1-3,6-7,9-16,26H,4-5,8H2,(H,25,29);3-11H,2H2,1H3,(H,18,20);1-9H,14H2;1-4,10H,5-6,9H2;1H,3H2;1H3. The number of phenolic OH excluding ortho intramolecular Hbond substituents is 2. The second-order valence-electron chi connectivity index (χ2n) is 24.9. The normalized spacial score (nSPS) is 9.75. The third-order valence-electron chi connectivity index (χ3n) is 16.1. The molecule has 11 rings (SSSR count). The summed E-state index contributed by atoms with van der Waals surface area (Å²) in [7, 11) is 0. The van der Waals surface area contributed by atoms with Gasteiger partial charge in [0.2, 0.25) is 17.3 Å². The van der Waals surface area contributed by atoms with Crippen molar-refractivity contribution in [3.8, 4) is 41.9 Å². The molecule has 0 saturated heterocycles. The van der Waals surface area contributed by atoms with Gasteiger partial charge in [0.1, 0.15) is 23.9 Å². The minimum Gasteiger partial charge on any atom is -0.508 e. The van der Waals surface area contributed by atoms with Crippen molar-refractivity contribution < 1.29 is 77.2 Å². The monoisotopic (exact) mass is 1670 g/mol. The molecule has 602 valence electrons. The number of Topliss-reactive ketones (excluding diaryl/α,β-unsaturated/α-hetero) is 3. The SMILES string of the molecule is C#CCBr.C#CCOc1ccc(CCCC(=O)C(=O)Nc2ccc(C(=O)c3ccccc3)cc2)cc1.CC(=O)C(=O)Cl.CCOC(=O)C(=O)Nc1ccc(C(=O)c2ccccc2)cc1.NCCc1ccc(O)cc1.Nc1ccc(C(=O)c2ccccc2)cc1.O=C(CCCc1ccc(O)cc1)C(=O)Nc1ccc(C(=O)c2ccccc2)cc1. The number of nitrogen functional groups attached to an aromatic ring is 1. The summed E-state index contributed by atoms with van der Waals surface area (Å²) in [4.78, 5) is 139. The average Bonchev–Trinajstić information content (AvgIpc) is 0.855. The van der Waals surface area contributed by atoms with Gasteiger partial charge in [0.05, 0.1) is 11.9 Å². The summed E-state index contributed by atoms with van der Waals surface area (Å²) in [6, 6.07) is 83.5. The van der Waals surface area contributed by atoms with E-state index >= 15 is 0 Å². The van der Waals surface area contributed by atoms with Crippen molar-refractivity contribution in [3.05, 3.63) is 352 Å². The molecule has 23 heteroatoms. The Morgan fingerprint density at radius 2 is 0.686 bits per heavy atom. The zero-order chi connectivity index (χ0) is 86.0. The molecule has 9 N–H and O–H groups in total. The lowest BCUT2D eigenvalue weighted by atomic mass is 10.0. The molecule has 0 heterocycles. The van der Waals surface area contributed by atoms with Gasteiger partial charge in [-0.25, -0.2) is 4.79 Å². The Hall–Kier alpha value is -14.3. The molecule has 0 fully saturated rings. The highest BCUT2D eigenvalue weighted by molar-refractivity contribution is 9.09. The summed E-state index contributed by atoms with van der Waals surface area (Å²) in [6.07, 6.45) is 13.5. The molecule has 0 unspecified atom stereocenters. The Morgan fingerprint density at radius 3 is 0.966 bits per heavy atom. The fraction of sp³-hybridized carbons (Fsp3) is 0.137. The maximum atomic E-state index is 12.4. The van der Waals surface area contributed by atoms with Crippen LogP contribution in [-0.4, -0.2) is 105 Å². The number of nitrogens with two attached hydrogens (primary N) is 2. The fourth-order valence-electron chi connectivity index (χ4n) is 10.1. The van der Waals surface area contributed by atoms with Gasteiger partial charge in [-0.05, 0) is 207 Å². The van der Waals surface area contributed by atoms with E-state index in [1.807, 2.05) is 72.8 Å². The first kappa shape index (κ1) is 94.3. The molecule has 0 atom stereocenters. The number of aryl methyl sites for hydroxylation is 2. The van der Waals surface area contributed by atoms with E-state index in [-0.39, 0.29) is 54.9 Å². The van der Waals surface area contributed by atoms with Gasteiger partial charge in [0, 0.05) is 87.0 Å². The predicted molar refractivity (Wildman–Crippen MR) is 462 cm³/mol. The van der Waals surface area contributed by atoms with Crippen LogP contribution in [-0.2, 0) is 62.4 Å². The van der Waals surface area contributed by atoms with E-state index in [0.29, 0.717) is 116 Å². The van der Waals surface area contributed by atoms with Gasteiger partial charge in [0.25, 0.3) is 17.1 Å². The Labute approximate surface area is 698 Å². The molecular weight excluding hydrogens is 1580 g/mol. The maximum absolute atomic E-state index is 12.4. The van der Waals surface area contributed by atoms with Crippen LogP contribution in [0.1, 0.15) is 120 Å². The molecule has 0 bridgehead atoms. The number of ketones is 7. The number of carbonyl (C=O) groups is 12. The van der Waals surface area contributed by atoms with Crippen LogP contribution in [0.3, 0.4) is 0 Å². The molecule has 11 aromatic rings. The number of phenols is 2. The average molecular weight is 1670 g/mol. The molecule has 3 amide bonds. The number of terminal acetylenes is 2. The van der Waals surface area contributed by atoms with Crippen molar-refractivity contribution in [1.82, 2.24) is 0 Å². The van der Waals surface area contributed by atoms with Crippen LogP contribution in [0.5, 0.6) is 17.2 Å². The number of anilines is 4. The highest BCUT2D eigenvalue weighted by atomic mass is 79.9. The predicted octanol–water partition coefficient (Wildman–Crippen LogP) is 15.8. The third-order valence-corrected chi connectivity index (χ3v) is 16.7. The van der Waals surface area contributed by atoms with E-state index in [2.05, 4.69) is 60.1 Å². The highest BCUT2D eigenvalue weighted by Crippen LogP contribution is 2.21. The van der Waals surface area contributed by atoms with Crippen molar-refractivity contribution in [1.29, 1.82) is 0 Å². The third kappa shape index (κ3) is 35.4. The lowest BCUT2D eigenvalue weighted by molar-refractivity contribution is -0.152. The van der Waals surface area contributed by atoms with Crippen LogP contribution in [0.25, 0.3) is 0 Å². The van der Waals surface area contributed by atoms with Crippen LogP contribution in [0.15, 0.2) is 291 Å². The van der Waals surface area contributed by atoms with Crippen LogP contribution >= 0.6 is 27.5 Å². The van der Waals surface area contributed by atoms with E-state index in [4.69, 9.17) is 34.2 Å². The number of halogens is 2. The van der Waals surface area contributed by atoms with E-state index in [9.17, 15) is 62.6 Å². The minimum atomic E-state index is -0.938. The smallest absolute Gasteiger partial charge is 0.397 e. The van der Waals surface area contributed by atoms with E-state index in [1.165, 1.54) is 5.56 Å². The molecule has 0 aliphatic carbocycles. The van der Waals surface area contributed by atoms with Gasteiger partial charge >= 0.3 is 11.9 Å². The summed E-state index contributed by atoms with van der Waals surface area (Å²) >= 11 is 7.64. The van der Waals surface area contributed by atoms with Gasteiger partial charge in [-0.1, -0.05) is 185 Å². The zero-order valence-corrected chi connectivity index (χ0v) is 67.0. The van der Waals surface area contributed by atoms with Crippen LogP contribution in [0.4, 0.5) is 22.7 Å². The van der Waals surface area contributed by atoms with Crippen molar-refractivity contribution in [3.63, 3.8) is 0 Å². The first-order valence-electron chi connectivity index (χ1n) is 36.7. The van der Waals surface area contributed by atoms with E-state index < -0.39 is 46.3 Å².